The summed E-state index contributed by atoms with van der Waals surface area (Å²) in [7, 11) is 1.38. The third-order valence-corrected chi connectivity index (χ3v) is 8.83. The van der Waals surface area contributed by atoms with Crippen LogP contribution >= 0.6 is 0 Å². The summed E-state index contributed by atoms with van der Waals surface area (Å²) in [6.07, 6.45) is 12.1. The van der Waals surface area contributed by atoms with Gasteiger partial charge in [0.2, 0.25) is 0 Å². The van der Waals surface area contributed by atoms with Crippen LogP contribution in [0.25, 0.3) is 79.8 Å². The van der Waals surface area contributed by atoms with Crippen LogP contribution in [0.2, 0.25) is 0 Å². The van der Waals surface area contributed by atoms with Gasteiger partial charge in [-0.1, -0.05) is 97.1 Å². The minimum Gasteiger partial charge on any atom is -0.466 e. The summed E-state index contributed by atoms with van der Waals surface area (Å²) in [6.45, 7) is 0. The van der Waals surface area contributed by atoms with Crippen molar-refractivity contribution in [2.75, 3.05) is 7.11 Å². The van der Waals surface area contributed by atoms with Gasteiger partial charge in [0.15, 0.2) is 0 Å². The lowest BCUT2D eigenvalue weighted by atomic mass is 10.0. The van der Waals surface area contributed by atoms with E-state index in [-0.39, 0.29) is 0 Å². The van der Waals surface area contributed by atoms with Gasteiger partial charge in [-0.15, -0.1) is 0 Å². The molecule has 236 valence electrons. The number of esters is 1. The number of methoxy groups -OCH3 is 1. The summed E-state index contributed by atoms with van der Waals surface area (Å²) in [5.74, 6) is -0.399. The van der Waals surface area contributed by atoms with Crippen LogP contribution in [-0.4, -0.2) is 33.0 Å². The molecule has 49 heavy (non-hydrogen) atoms. The van der Waals surface area contributed by atoms with Crippen LogP contribution < -0.4 is 0 Å². The predicted octanol–water partition coefficient (Wildman–Crippen LogP) is 9.93. The summed E-state index contributed by atoms with van der Waals surface area (Å²) in [4.78, 5) is 30.0. The number of nitrogens with zero attached hydrogens (tertiary/aromatic N) is 2. The average Bonchev–Trinajstić information content (AvgIpc) is 3.98. The zero-order chi connectivity index (χ0) is 33.2. The second-order valence-corrected chi connectivity index (χ2v) is 11.8. The van der Waals surface area contributed by atoms with E-state index in [0.29, 0.717) is 6.42 Å². The van der Waals surface area contributed by atoms with Crippen molar-refractivity contribution in [3.05, 3.63) is 156 Å². The second-order valence-electron chi connectivity index (χ2n) is 11.8. The summed E-state index contributed by atoms with van der Waals surface area (Å²) in [5.41, 5.74) is 14.2. The molecule has 0 aliphatic carbocycles. The standard InChI is InChI=1S/C43H32N4O2/c1-49-40(48)19-11-18-31-32-20-22-34(44-32)41(28-12-5-2-6-13-28)36-24-26-38(46-36)43(30-16-9-4-10-17-30)39-27-25-37(47-39)42(29-14-7-3-8-15-29)35-23-21-33(31)45-35/h2-17,19-27,44,47H,18H2,1H3/b19-11+,32-31?,33-31?,41-34?,41-36?,42-35?,42-37?,43-38?,43-39?. The molecular formula is C43H32N4O2. The monoisotopic (exact) mass is 636 g/mol. The fourth-order valence-corrected chi connectivity index (χ4v) is 6.55. The number of carbonyl (C=O) groups is 1. The number of aromatic nitrogens is 4. The Labute approximate surface area is 283 Å². The van der Waals surface area contributed by atoms with E-state index in [0.717, 1.165) is 83.8 Å². The molecule has 0 spiro atoms. The minimum absolute atomic E-state index is 0.399. The SMILES string of the molecule is COC(=O)/C=C/Cc1c2nc(c(-c3ccccc3)c3ccc([nH]3)c(-c3ccccc3)c3nc(c(-c4ccccc4)c4ccc1[nH]4)C=C3)C=C2. The Kier molecular flexibility index (Phi) is 7.88. The summed E-state index contributed by atoms with van der Waals surface area (Å²) in [5, 5.41) is 0. The molecule has 6 nitrogen and oxygen atoms in total. The highest BCUT2D eigenvalue weighted by atomic mass is 16.5. The maximum absolute atomic E-state index is 12.0. The van der Waals surface area contributed by atoms with Crippen molar-refractivity contribution in [3.63, 3.8) is 0 Å². The van der Waals surface area contributed by atoms with Crippen LogP contribution in [0.15, 0.2) is 127 Å². The van der Waals surface area contributed by atoms with E-state index in [9.17, 15) is 4.79 Å². The lowest BCUT2D eigenvalue weighted by Crippen LogP contribution is -1.95. The fraction of sp³-hybridized carbons (Fsp3) is 0.0465. The van der Waals surface area contributed by atoms with Gasteiger partial charge in [-0.2, -0.15) is 0 Å². The maximum Gasteiger partial charge on any atom is 0.330 e. The van der Waals surface area contributed by atoms with Gasteiger partial charge in [0.25, 0.3) is 0 Å². The van der Waals surface area contributed by atoms with Crippen molar-refractivity contribution < 1.29 is 9.53 Å². The molecule has 5 heterocycles. The quantitative estimate of drug-likeness (QED) is 0.141. The van der Waals surface area contributed by atoms with Gasteiger partial charge in [0.1, 0.15) is 0 Å². The van der Waals surface area contributed by atoms with Crippen molar-refractivity contribution >= 4 is 52.3 Å². The van der Waals surface area contributed by atoms with Crippen LogP contribution in [0.3, 0.4) is 0 Å². The van der Waals surface area contributed by atoms with Crippen LogP contribution in [-0.2, 0) is 16.0 Å². The van der Waals surface area contributed by atoms with Gasteiger partial charge in [0, 0.05) is 50.4 Å². The summed E-state index contributed by atoms with van der Waals surface area (Å²) >= 11 is 0. The molecule has 0 saturated heterocycles. The van der Waals surface area contributed by atoms with Gasteiger partial charge in [0.05, 0.1) is 29.9 Å². The van der Waals surface area contributed by atoms with E-state index in [1.807, 2.05) is 48.5 Å². The van der Waals surface area contributed by atoms with E-state index >= 15 is 0 Å². The third kappa shape index (κ3) is 5.81. The van der Waals surface area contributed by atoms with Gasteiger partial charge in [-0.25, -0.2) is 14.8 Å². The normalized spacial score (nSPS) is 12.1. The number of ether oxygens (including phenoxy) is 1. The van der Waals surface area contributed by atoms with Crippen molar-refractivity contribution in [1.29, 1.82) is 0 Å². The predicted molar refractivity (Wildman–Crippen MR) is 200 cm³/mol. The van der Waals surface area contributed by atoms with Crippen LogP contribution in [0, 0.1) is 0 Å². The first-order valence-corrected chi connectivity index (χ1v) is 16.2. The number of benzene rings is 3. The van der Waals surface area contributed by atoms with Gasteiger partial charge < -0.3 is 14.7 Å². The number of nitrogens with one attached hydrogen (secondary N) is 2. The van der Waals surface area contributed by atoms with Crippen LogP contribution in [0.1, 0.15) is 28.3 Å². The molecule has 3 aromatic carbocycles. The Hall–Kier alpha value is -6.53. The number of hydrogen-bond donors (Lipinski definition) is 2. The molecule has 0 radical (unpaired) electrons. The summed E-state index contributed by atoms with van der Waals surface area (Å²) in [6, 6.07) is 39.5. The zero-order valence-corrected chi connectivity index (χ0v) is 26.9. The Morgan fingerprint density at radius 1 is 0.551 bits per heavy atom. The van der Waals surface area contributed by atoms with E-state index in [1.165, 1.54) is 13.2 Å². The first kappa shape index (κ1) is 29.8. The van der Waals surface area contributed by atoms with Crippen molar-refractivity contribution in [2.24, 2.45) is 0 Å². The largest absolute Gasteiger partial charge is 0.466 e. The van der Waals surface area contributed by atoms with Crippen molar-refractivity contribution in [3.8, 4) is 33.4 Å². The summed E-state index contributed by atoms with van der Waals surface area (Å²) < 4.78 is 4.87. The molecule has 0 unspecified atom stereocenters. The number of hydrogen-bond acceptors (Lipinski definition) is 4. The zero-order valence-electron chi connectivity index (χ0n) is 26.9. The molecule has 0 saturated carbocycles. The molecule has 0 amide bonds. The Morgan fingerprint density at radius 2 is 0.939 bits per heavy atom. The third-order valence-electron chi connectivity index (χ3n) is 8.83. The number of aromatic amines is 2. The first-order chi connectivity index (χ1) is 24.2. The molecular weight excluding hydrogens is 604 g/mol. The molecule has 2 aliphatic rings. The first-order valence-electron chi connectivity index (χ1n) is 16.2. The Balaban J connectivity index is 1.53. The number of carbonyl (C=O) groups excluding carboxylic acids is 1. The Bertz CT molecular complexity index is 2420. The van der Waals surface area contributed by atoms with Crippen molar-refractivity contribution in [2.45, 2.75) is 6.42 Å². The van der Waals surface area contributed by atoms with E-state index in [1.54, 1.807) is 0 Å². The second kappa shape index (κ2) is 12.9. The average molecular weight is 637 g/mol. The molecule has 3 aromatic heterocycles. The highest BCUT2D eigenvalue weighted by Crippen LogP contribution is 2.36. The fourth-order valence-electron chi connectivity index (χ4n) is 6.55. The lowest BCUT2D eigenvalue weighted by Gasteiger charge is -2.06. The maximum atomic E-state index is 12.0. The number of allylic oxidation sites excluding steroid dienone is 1. The topological polar surface area (TPSA) is 83.7 Å². The molecule has 0 fully saturated rings. The Morgan fingerprint density at radius 3 is 1.39 bits per heavy atom. The molecule has 2 aliphatic heterocycles. The van der Waals surface area contributed by atoms with Gasteiger partial charge in [-0.05, 0) is 71.7 Å². The number of H-pyrrole nitrogens is 2. The van der Waals surface area contributed by atoms with Crippen LogP contribution in [0.4, 0.5) is 0 Å². The molecule has 0 atom stereocenters. The number of fused-ring (bicyclic) bond motifs is 8. The smallest absolute Gasteiger partial charge is 0.330 e. The van der Waals surface area contributed by atoms with E-state index < -0.39 is 5.97 Å². The number of rotatable bonds is 6. The van der Waals surface area contributed by atoms with Gasteiger partial charge in [-0.3, -0.25) is 0 Å². The lowest BCUT2D eigenvalue weighted by molar-refractivity contribution is -0.134. The van der Waals surface area contributed by atoms with E-state index in [4.69, 9.17) is 14.7 Å². The molecule has 6 heteroatoms. The highest BCUT2D eigenvalue weighted by molar-refractivity contribution is 5.97. The van der Waals surface area contributed by atoms with Crippen molar-refractivity contribution in [1.82, 2.24) is 19.9 Å². The minimum atomic E-state index is -0.399. The highest BCUT2D eigenvalue weighted by Gasteiger charge is 2.18. The molecule has 6 aromatic rings. The molecule has 2 N–H and O–H groups in total. The van der Waals surface area contributed by atoms with Crippen LogP contribution in [0.5, 0.6) is 0 Å². The molecule has 8 rings (SSSR count). The van der Waals surface area contributed by atoms with E-state index in [2.05, 4.69) is 107 Å². The molecule has 8 bridgehead atoms. The van der Waals surface area contributed by atoms with Gasteiger partial charge >= 0.3 is 5.97 Å².